The van der Waals surface area contributed by atoms with Crippen LogP contribution >= 0.6 is 0 Å². The van der Waals surface area contributed by atoms with Crippen LogP contribution in [0, 0.1) is 11.8 Å². The molecule has 28 heavy (non-hydrogen) atoms. The number of nitrogens with one attached hydrogen (secondary N) is 2. The molecule has 1 aromatic heterocycles. The molecule has 2 unspecified atom stereocenters. The van der Waals surface area contributed by atoms with Crippen LogP contribution in [0.25, 0.3) is 10.9 Å². The molecule has 4 rings (SSSR count). The predicted molar refractivity (Wildman–Crippen MR) is 107 cm³/mol. The van der Waals surface area contributed by atoms with E-state index in [1.807, 2.05) is 24.3 Å². The molecule has 6 heteroatoms. The molecule has 3 aromatic rings. The van der Waals surface area contributed by atoms with Crippen molar-refractivity contribution in [1.82, 2.24) is 4.98 Å². The van der Waals surface area contributed by atoms with Gasteiger partial charge in [-0.25, -0.2) is 0 Å². The van der Waals surface area contributed by atoms with E-state index in [0.29, 0.717) is 23.4 Å². The zero-order chi connectivity index (χ0) is 19.7. The van der Waals surface area contributed by atoms with E-state index >= 15 is 0 Å². The summed E-state index contributed by atoms with van der Waals surface area (Å²) in [5.74, 6) is -1.20. The summed E-state index contributed by atoms with van der Waals surface area (Å²) in [6.07, 6.45) is 2.18. The van der Waals surface area contributed by atoms with Crippen molar-refractivity contribution in [2.24, 2.45) is 11.8 Å². The molecule has 0 radical (unpaired) electrons. The van der Waals surface area contributed by atoms with Crippen molar-refractivity contribution < 1.29 is 14.4 Å². The maximum atomic E-state index is 12.6. The van der Waals surface area contributed by atoms with Crippen molar-refractivity contribution in [3.8, 4) is 0 Å². The van der Waals surface area contributed by atoms with Crippen molar-refractivity contribution >= 4 is 39.9 Å². The van der Waals surface area contributed by atoms with Gasteiger partial charge < -0.3 is 10.6 Å². The van der Waals surface area contributed by atoms with E-state index in [2.05, 4.69) is 15.6 Å². The highest BCUT2D eigenvalue weighted by Crippen LogP contribution is 2.40. The first-order valence-corrected chi connectivity index (χ1v) is 9.09. The first-order valence-electron chi connectivity index (χ1n) is 9.09. The van der Waals surface area contributed by atoms with E-state index in [1.165, 1.54) is 6.92 Å². The number of rotatable bonds is 5. The van der Waals surface area contributed by atoms with E-state index in [1.54, 1.807) is 36.5 Å². The molecule has 0 bridgehead atoms. The van der Waals surface area contributed by atoms with Crippen LogP contribution in [-0.2, 0) is 9.59 Å². The number of ketones is 1. The maximum Gasteiger partial charge on any atom is 0.228 e. The van der Waals surface area contributed by atoms with Gasteiger partial charge in [-0.15, -0.1) is 0 Å². The Morgan fingerprint density at radius 3 is 2.43 bits per heavy atom. The second-order valence-corrected chi connectivity index (χ2v) is 6.94. The molecular formula is C22H19N3O3. The summed E-state index contributed by atoms with van der Waals surface area (Å²) in [4.78, 5) is 40.8. The topological polar surface area (TPSA) is 88.2 Å². The zero-order valence-electron chi connectivity index (χ0n) is 15.3. The highest BCUT2D eigenvalue weighted by molar-refractivity contribution is 6.06. The van der Waals surface area contributed by atoms with Gasteiger partial charge in [-0.05, 0) is 37.6 Å². The number of amides is 2. The summed E-state index contributed by atoms with van der Waals surface area (Å²) >= 11 is 0. The van der Waals surface area contributed by atoms with Gasteiger partial charge in [0.05, 0.1) is 23.0 Å². The predicted octanol–water partition coefficient (Wildman–Crippen LogP) is 3.65. The average molecular weight is 373 g/mol. The quantitative estimate of drug-likeness (QED) is 0.668. The van der Waals surface area contributed by atoms with E-state index in [-0.39, 0.29) is 29.4 Å². The highest BCUT2D eigenvalue weighted by Gasteiger charge is 2.48. The maximum absolute atomic E-state index is 12.6. The number of anilines is 2. The third kappa shape index (κ3) is 3.62. The van der Waals surface area contributed by atoms with Crippen LogP contribution in [0.5, 0.6) is 0 Å². The van der Waals surface area contributed by atoms with Gasteiger partial charge in [0.2, 0.25) is 11.8 Å². The van der Waals surface area contributed by atoms with E-state index in [4.69, 9.17) is 0 Å². The number of carbonyl (C=O) groups is 3. The summed E-state index contributed by atoms with van der Waals surface area (Å²) in [5.41, 5.74) is 2.46. The van der Waals surface area contributed by atoms with Crippen molar-refractivity contribution in [1.29, 1.82) is 0 Å². The Balaban J connectivity index is 1.41. The van der Waals surface area contributed by atoms with E-state index in [0.717, 1.165) is 10.9 Å². The first-order chi connectivity index (χ1) is 13.5. The van der Waals surface area contributed by atoms with Gasteiger partial charge >= 0.3 is 0 Å². The minimum absolute atomic E-state index is 0.0662. The summed E-state index contributed by atoms with van der Waals surface area (Å²) < 4.78 is 0. The molecule has 2 aromatic carbocycles. The minimum atomic E-state index is -0.371. The fraction of sp³-hybridized carbons (Fsp3) is 0.182. The number of carbonyl (C=O) groups excluding carboxylic acids is 3. The molecular weight excluding hydrogens is 354 g/mol. The van der Waals surface area contributed by atoms with Gasteiger partial charge in [-0.1, -0.05) is 30.3 Å². The summed E-state index contributed by atoms with van der Waals surface area (Å²) in [7, 11) is 0. The third-order valence-electron chi connectivity index (χ3n) is 4.89. The Labute approximate surface area is 162 Å². The molecule has 1 aliphatic rings. The molecule has 1 saturated carbocycles. The molecule has 2 amide bonds. The normalized spacial score (nSPS) is 17.8. The number of nitrogens with zero attached hydrogens (tertiary/aromatic N) is 1. The fourth-order valence-electron chi connectivity index (χ4n) is 3.26. The minimum Gasteiger partial charge on any atom is -0.326 e. The molecule has 6 nitrogen and oxygen atoms in total. The third-order valence-corrected chi connectivity index (χ3v) is 4.89. The van der Waals surface area contributed by atoms with Gasteiger partial charge in [0.25, 0.3) is 0 Å². The SMILES string of the molecule is CC(=O)c1cccc(NC(=O)C2CC2C(=O)Nc2cccc3cccnc23)c1. The Hall–Kier alpha value is -3.54. The van der Waals surface area contributed by atoms with Gasteiger partial charge in [0.1, 0.15) is 0 Å². The van der Waals surface area contributed by atoms with Crippen LogP contribution in [0.3, 0.4) is 0 Å². The Kier molecular flexibility index (Phi) is 4.61. The molecule has 0 spiro atoms. The monoisotopic (exact) mass is 373 g/mol. The lowest BCUT2D eigenvalue weighted by atomic mass is 10.1. The molecule has 0 saturated heterocycles. The standard InChI is InChI=1S/C22H19N3O3/c1-13(26)15-6-2-8-16(11-15)24-21(27)17-12-18(17)22(28)25-19-9-3-5-14-7-4-10-23-20(14)19/h2-11,17-18H,12H2,1H3,(H,24,27)(H,25,28). The summed E-state index contributed by atoms with van der Waals surface area (Å²) in [5, 5.41) is 6.63. The highest BCUT2D eigenvalue weighted by atomic mass is 16.2. The number of fused-ring (bicyclic) bond motifs is 1. The summed E-state index contributed by atoms with van der Waals surface area (Å²) in [6.45, 7) is 1.48. The average Bonchev–Trinajstić information content (AvgIpc) is 3.50. The molecule has 2 atom stereocenters. The lowest BCUT2D eigenvalue weighted by molar-refractivity contribution is -0.122. The van der Waals surface area contributed by atoms with E-state index in [9.17, 15) is 14.4 Å². The van der Waals surface area contributed by atoms with Crippen molar-refractivity contribution in [3.63, 3.8) is 0 Å². The van der Waals surface area contributed by atoms with Gasteiger partial charge in [-0.2, -0.15) is 0 Å². The van der Waals surface area contributed by atoms with E-state index < -0.39 is 0 Å². The summed E-state index contributed by atoms with van der Waals surface area (Å²) in [6, 6.07) is 16.2. The molecule has 140 valence electrons. The second-order valence-electron chi connectivity index (χ2n) is 6.94. The second kappa shape index (κ2) is 7.23. The number of hydrogen-bond acceptors (Lipinski definition) is 4. The Bertz CT molecular complexity index is 1090. The van der Waals surface area contributed by atoms with Crippen LogP contribution in [0.4, 0.5) is 11.4 Å². The Morgan fingerprint density at radius 1 is 0.929 bits per heavy atom. The fourth-order valence-corrected chi connectivity index (χ4v) is 3.26. The molecule has 1 aliphatic carbocycles. The molecule has 2 N–H and O–H groups in total. The number of Topliss-reactive ketones (excluding diaryl/α,β-unsaturated/α-hetero) is 1. The molecule has 1 fully saturated rings. The first kappa shape index (κ1) is 17.9. The van der Waals surface area contributed by atoms with Crippen molar-refractivity contribution in [2.45, 2.75) is 13.3 Å². The number of pyridine rings is 1. The van der Waals surface area contributed by atoms with Gasteiger partial charge in [0.15, 0.2) is 5.78 Å². The van der Waals surface area contributed by atoms with Crippen molar-refractivity contribution in [2.75, 3.05) is 10.6 Å². The largest absolute Gasteiger partial charge is 0.326 e. The zero-order valence-corrected chi connectivity index (χ0v) is 15.3. The molecule has 0 aliphatic heterocycles. The lowest BCUT2D eigenvalue weighted by Gasteiger charge is -2.08. The lowest BCUT2D eigenvalue weighted by Crippen LogP contribution is -2.20. The number of para-hydroxylation sites is 1. The van der Waals surface area contributed by atoms with Crippen LogP contribution < -0.4 is 10.6 Å². The van der Waals surface area contributed by atoms with Gasteiger partial charge in [0, 0.05) is 22.8 Å². The van der Waals surface area contributed by atoms with Crippen LogP contribution in [0.15, 0.2) is 60.8 Å². The number of benzene rings is 2. The van der Waals surface area contributed by atoms with Crippen LogP contribution in [0.1, 0.15) is 23.7 Å². The van der Waals surface area contributed by atoms with Crippen molar-refractivity contribution in [3.05, 3.63) is 66.4 Å². The van der Waals surface area contributed by atoms with Crippen LogP contribution in [0.2, 0.25) is 0 Å². The van der Waals surface area contributed by atoms with Crippen LogP contribution in [-0.4, -0.2) is 22.6 Å². The number of hydrogen-bond donors (Lipinski definition) is 2. The smallest absolute Gasteiger partial charge is 0.228 e. The number of aromatic nitrogens is 1. The van der Waals surface area contributed by atoms with Gasteiger partial charge in [-0.3, -0.25) is 19.4 Å². The molecule has 1 heterocycles. The Morgan fingerprint density at radius 2 is 1.64 bits per heavy atom.